The first kappa shape index (κ1) is 19.1. The third kappa shape index (κ3) is 5.98. The summed E-state index contributed by atoms with van der Waals surface area (Å²) in [5.74, 6) is -0.278. The number of hydrogen-bond acceptors (Lipinski definition) is 3. The van der Waals surface area contributed by atoms with E-state index < -0.39 is 0 Å². The van der Waals surface area contributed by atoms with E-state index in [4.69, 9.17) is 0 Å². The molecule has 0 bridgehead atoms. The van der Waals surface area contributed by atoms with Crippen LogP contribution in [0.3, 0.4) is 0 Å². The van der Waals surface area contributed by atoms with Gasteiger partial charge < -0.3 is 10.2 Å². The molecule has 1 fully saturated rings. The molecule has 0 aliphatic carbocycles. The van der Waals surface area contributed by atoms with Crippen LogP contribution in [0.15, 0.2) is 36.9 Å². The molecule has 1 aromatic carbocycles. The first-order chi connectivity index (χ1) is 12.0. The lowest BCUT2D eigenvalue weighted by atomic mass is 10.0. The highest BCUT2D eigenvalue weighted by Crippen LogP contribution is 2.12. The predicted molar refractivity (Wildman–Crippen MR) is 95.3 cm³/mol. The molecule has 1 aliphatic rings. The van der Waals surface area contributed by atoms with Crippen LogP contribution in [-0.4, -0.2) is 53.8 Å². The first-order valence-corrected chi connectivity index (χ1v) is 8.61. The van der Waals surface area contributed by atoms with Crippen LogP contribution in [0, 0.1) is 5.82 Å². The lowest BCUT2D eigenvalue weighted by molar-refractivity contribution is -0.130. The van der Waals surface area contributed by atoms with Crippen molar-refractivity contribution in [2.45, 2.75) is 32.4 Å². The van der Waals surface area contributed by atoms with Gasteiger partial charge in [-0.15, -0.1) is 6.58 Å². The van der Waals surface area contributed by atoms with Crippen LogP contribution in [0.1, 0.15) is 25.3 Å². The van der Waals surface area contributed by atoms with E-state index in [1.54, 1.807) is 36.1 Å². The molecule has 1 aliphatic heterocycles. The number of amides is 2. The van der Waals surface area contributed by atoms with Gasteiger partial charge >= 0.3 is 0 Å². The predicted octanol–water partition coefficient (Wildman–Crippen LogP) is 1.94. The molecule has 0 atom stereocenters. The largest absolute Gasteiger partial charge is 0.352 e. The topological polar surface area (TPSA) is 52.7 Å². The molecule has 0 spiro atoms. The normalized spacial score (nSPS) is 15.2. The van der Waals surface area contributed by atoms with Gasteiger partial charge in [0.05, 0.1) is 6.54 Å². The molecule has 0 unspecified atom stereocenters. The van der Waals surface area contributed by atoms with Crippen molar-refractivity contribution in [2.24, 2.45) is 0 Å². The summed E-state index contributed by atoms with van der Waals surface area (Å²) in [4.78, 5) is 27.3. The van der Waals surface area contributed by atoms with Crippen LogP contribution < -0.4 is 5.32 Å². The number of carbonyl (C=O) groups is 2. The molecular formula is C19H26FN3O2. The van der Waals surface area contributed by atoms with Crippen LogP contribution in [0.25, 0.3) is 0 Å². The average molecular weight is 347 g/mol. The summed E-state index contributed by atoms with van der Waals surface area (Å²) < 4.78 is 13.8. The Balaban J connectivity index is 1.85. The van der Waals surface area contributed by atoms with E-state index >= 15 is 0 Å². The molecule has 6 heteroatoms. The second-order valence-electron chi connectivity index (χ2n) is 6.40. The van der Waals surface area contributed by atoms with E-state index in [0.717, 1.165) is 12.8 Å². The summed E-state index contributed by atoms with van der Waals surface area (Å²) in [5.41, 5.74) is 0.562. The number of likely N-dealkylation sites (tertiary alicyclic amines) is 1. The molecule has 136 valence electrons. The maximum Gasteiger partial charge on any atom is 0.234 e. The first-order valence-electron chi connectivity index (χ1n) is 8.61. The Kier molecular flexibility index (Phi) is 7.13. The van der Waals surface area contributed by atoms with Crippen molar-refractivity contribution in [3.63, 3.8) is 0 Å². The van der Waals surface area contributed by atoms with Crippen LogP contribution >= 0.6 is 0 Å². The Morgan fingerprint density at radius 2 is 2.04 bits per heavy atom. The molecule has 1 heterocycles. The lowest BCUT2D eigenvalue weighted by Crippen LogP contribution is -2.48. The van der Waals surface area contributed by atoms with E-state index in [-0.39, 0.29) is 30.2 Å². The second-order valence-corrected chi connectivity index (χ2v) is 6.40. The molecule has 1 saturated heterocycles. The Labute approximate surface area is 148 Å². The van der Waals surface area contributed by atoms with Gasteiger partial charge in [-0.05, 0) is 18.9 Å². The minimum atomic E-state index is -0.270. The maximum absolute atomic E-state index is 13.8. The number of rotatable bonds is 7. The van der Waals surface area contributed by atoms with Gasteiger partial charge in [-0.2, -0.15) is 0 Å². The highest BCUT2D eigenvalue weighted by Gasteiger charge is 2.22. The van der Waals surface area contributed by atoms with Crippen molar-refractivity contribution < 1.29 is 14.0 Å². The summed E-state index contributed by atoms with van der Waals surface area (Å²) in [6.45, 7) is 7.67. The van der Waals surface area contributed by atoms with Crippen molar-refractivity contribution in [3.8, 4) is 0 Å². The Hall–Kier alpha value is -2.21. The van der Waals surface area contributed by atoms with Crippen molar-refractivity contribution in [1.82, 2.24) is 15.1 Å². The van der Waals surface area contributed by atoms with Crippen LogP contribution in [0.2, 0.25) is 0 Å². The van der Waals surface area contributed by atoms with Gasteiger partial charge in [0.25, 0.3) is 0 Å². The molecule has 0 radical (unpaired) electrons. The zero-order valence-corrected chi connectivity index (χ0v) is 14.7. The number of piperidine rings is 1. The van der Waals surface area contributed by atoms with Gasteiger partial charge in [0.15, 0.2) is 0 Å². The number of carbonyl (C=O) groups excluding carboxylic acids is 2. The van der Waals surface area contributed by atoms with Gasteiger partial charge in [-0.1, -0.05) is 24.3 Å². The molecule has 1 N–H and O–H groups in total. The van der Waals surface area contributed by atoms with E-state index in [1.165, 1.54) is 6.07 Å². The van der Waals surface area contributed by atoms with Gasteiger partial charge in [-0.3, -0.25) is 14.5 Å². The quantitative estimate of drug-likeness (QED) is 0.767. The minimum Gasteiger partial charge on any atom is -0.352 e. The smallest absolute Gasteiger partial charge is 0.234 e. The number of nitrogens with one attached hydrogen (secondary N) is 1. The molecule has 2 rings (SSSR count). The van der Waals surface area contributed by atoms with Gasteiger partial charge in [-0.25, -0.2) is 4.39 Å². The molecule has 2 amide bonds. The SMILES string of the molecule is C=CCN(CC(=O)NC1CCN(C(C)=O)CC1)Cc1ccccc1F. The van der Waals surface area contributed by atoms with Crippen molar-refractivity contribution in [3.05, 3.63) is 48.3 Å². The standard InChI is InChI=1S/C19H26FN3O2/c1-3-10-22(13-16-6-4-5-7-18(16)20)14-19(25)21-17-8-11-23(12-9-17)15(2)24/h3-7,17H,1,8-14H2,2H3,(H,21,25). The van der Waals surface area contributed by atoms with Crippen LogP contribution in [-0.2, 0) is 16.1 Å². The Bertz CT molecular complexity index is 612. The average Bonchev–Trinajstić information content (AvgIpc) is 2.57. The molecular weight excluding hydrogens is 321 g/mol. The zero-order chi connectivity index (χ0) is 18.2. The molecule has 25 heavy (non-hydrogen) atoms. The fourth-order valence-electron chi connectivity index (χ4n) is 3.05. The lowest BCUT2D eigenvalue weighted by Gasteiger charge is -2.32. The molecule has 5 nitrogen and oxygen atoms in total. The van der Waals surface area contributed by atoms with Crippen LogP contribution in [0.5, 0.6) is 0 Å². The summed E-state index contributed by atoms with van der Waals surface area (Å²) in [6, 6.07) is 6.66. The van der Waals surface area contributed by atoms with E-state index in [9.17, 15) is 14.0 Å². The monoisotopic (exact) mass is 347 g/mol. The van der Waals surface area contributed by atoms with Gasteiger partial charge in [0.2, 0.25) is 11.8 Å². The highest BCUT2D eigenvalue weighted by atomic mass is 19.1. The highest BCUT2D eigenvalue weighted by molar-refractivity contribution is 5.78. The van der Waals surface area contributed by atoms with Gasteiger partial charge in [0, 0.05) is 44.7 Å². The van der Waals surface area contributed by atoms with E-state index in [1.807, 2.05) is 4.90 Å². The Morgan fingerprint density at radius 3 is 2.64 bits per heavy atom. The molecule has 0 saturated carbocycles. The molecule has 0 aromatic heterocycles. The minimum absolute atomic E-state index is 0.0758. The number of halogens is 1. The van der Waals surface area contributed by atoms with Gasteiger partial charge in [0.1, 0.15) is 5.82 Å². The third-order valence-corrected chi connectivity index (χ3v) is 4.41. The maximum atomic E-state index is 13.8. The summed E-state index contributed by atoms with van der Waals surface area (Å²) in [5, 5.41) is 3.02. The third-order valence-electron chi connectivity index (χ3n) is 4.41. The molecule has 1 aromatic rings. The second kappa shape index (κ2) is 9.32. The van der Waals surface area contributed by atoms with Crippen molar-refractivity contribution >= 4 is 11.8 Å². The summed E-state index contributed by atoms with van der Waals surface area (Å²) in [7, 11) is 0. The number of nitrogens with zero attached hydrogens (tertiary/aromatic N) is 2. The fourth-order valence-corrected chi connectivity index (χ4v) is 3.05. The van der Waals surface area contributed by atoms with Crippen molar-refractivity contribution in [1.29, 1.82) is 0 Å². The fraction of sp³-hybridized carbons (Fsp3) is 0.474. The zero-order valence-electron chi connectivity index (χ0n) is 14.7. The van der Waals surface area contributed by atoms with E-state index in [2.05, 4.69) is 11.9 Å². The Morgan fingerprint density at radius 1 is 1.36 bits per heavy atom. The summed E-state index contributed by atoms with van der Waals surface area (Å²) >= 11 is 0. The number of hydrogen-bond donors (Lipinski definition) is 1. The van der Waals surface area contributed by atoms with Crippen molar-refractivity contribution in [2.75, 3.05) is 26.2 Å². The van der Waals surface area contributed by atoms with E-state index in [0.29, 0.717) is 31.7 Å². The number of benzene rings is 1. The van der Waals surface area contributed by atoms with Crippen LogP contribution in [0.4, 0.5) is 4.39 Å². The summed E-state index contributed by atoms with van der Waals surface area (Å²) in [6.07, 6.45) is 3.24.